The number of nitrogens with zero attached hydrogens (tertiary/aromatic N) is 4. The lowest BCUT2D eigenvalue weighted by Crippen LogP contribution is -2.48. The molecule has 0 N–H and O–H groups in total. The van der Waals surface area contributed by atoms with Crippen molar-refractivity contribution in [1.29, 1.82) is 0 Å². The molecule has 1 aromatic carbocycles. The molecule has 2 aromatic rings. The number of non-ortho nitro benzene ring substituents is 1. The molecule has 0 saturated carbocycles. The van der Waals surface area contributed by atoms with Gasteiger partial charge in [0.05, 0.1) is 17.0 Å². The zero-order valence-corrected chi connectivity index (χ0v) is 13.9. The number of carbonyl (C=O) groups excluding carboxylic acids is 1. The topological polar surface area (TPSA) is 79.6 Å². The summed E-state index contributed by atoms with van der Waals surface area (Å²) in [6, 6.07) is 12.1. The third-order valence-electron chi connectivity index (χ3n) is 4.34. The molecule has 1 amide bonds. The highest BCUT2D eigenvalue weighted by Gasteiger charge is 2.21. The zero-order valence-electron chi connectivity index (χ0n) is 13.9. The van der Waals surface area contributed by atoms with Crippen LogP contribution in [0.25, 0.3) is 0 Å². The Morgan fingerprint density at radius 3 is 2.40 bits per heavy atom. The van der Waals surface area contributed by atoms with E-state index in [2.05, 4.69) is 9.88 Å². The number of carbonyl (C=O) groups is 1. The molecule has 0 atom stereocenters. The zero-order chi connectivity index (χ0) is 17.6. The van der Waals surface area contributed by atoms with Crippen LogP contribution in [0.5, 0.6) is 0 Å². The van der Waals surface area contributed by atoms with Crippen LogP contribution in [0, 0.1) is 10.1 Å². The van der Waals surface area contributed by atoms with Crippen molar-refractivity contribution >= 4 is 11.6 Å². The number of amides is 1. The predicted molar refractivity (Wildman–Crippen MR) is 92.9 cm³/mol. The van der Waals surface area contributed by atoms with Crippen molar-refractivity contribution in [3.8, 4) is 0 Å². The summed E-state index contributed by atoms with van der Waals surface area (Å²) in [6.07, 6.45) is 2.07. The van der Waals surface area contributed by atoms with E-state index < -0.39 is 4.92 Å². The highest BCUT2D eigenvalue weighted by atomic mass is 16.6. The number of hydrogen-bond donors (Lipinski definition) is 0. The van der Waals surface area contributed by atoms with Gasteiger partial charge < -0.3 is 4.90 Å². The van der Waals surface area contributed by atoms with Crippen molar-refractivity contribution in [2.75, 3.05) is 26.2 Å². The molecule has 0 unspecified atom stereocenters. The molecule has 2 heterocycles. The molecule has 0 bridgehead atoms. The first-order chi connectivity index (χ1) is 12.1. The molecule has 1 aliphatic heterocycles. The van der Waals surface area contributed by atoms with Gasteiger partial charge in [-0.15, -0.1) is 0 Å². The summed E-state index contributed by atoms with van der Waals surface area (Å²) < 4.78 is 0. The minimum absolute atomic E-state index is 0.0411. The van der Waals surface area contributed by atoms with Crippen LogP contribution < -0.4 is 0 Å². The van der Waals surface area contributed by atoms with Gasteiger partial charge in [-0.25, -0.2) is 0 Å². The van der Waals surface area contributed by atoms with E-state index >= 15 is 0 Å². The van der Waals surface area contributed by atoms with Gasteiger partial charge in [-0.05, 0) is 17.7 Å². The summed E-state index contributed by atoms with van der Waals surface area (Å²) >= 11 is 0. The minimum atomic E-state index is -0.438. The Bertz CT molecular complexity index is 726. The lowest BCUT2D eigenvalue weighted by molar-refractivity contribution is -0.384. The minimum Gasteiger partial charge on any atom is -0.340 e. The van der Waals surface area contributed by atoms with E-state index in [-0.39, 0.29) is 18.0 Å². The van der Waals surface area contributed by atoms with Crippen LogP contribution in [0.4, 0.5) is 5.69 Å². The summed E-state index contributed by atoms with van der Waals surface area (Å²) in [6.45, 7) is 3.83. The van der Waals surface area contributed by atoms with E-state index in [1.807, 2.05) is 23.1 Å². The van der Waals surface area contributed by atoms with Crippen LogP contribution in [0.2, 0.25) is 0 Å². The molecule has 130 valence electrons. The first kappa shape index (κ1) is 17.0. The molecule has 0 aliphatic carbocycles. The summed E-state index contributed by atoms with van der Waals surface area (Å²) in [5, 5.41) is 10.7. The van der Waals surface area contributed by atoms with E-state index in [0.717, 1.165) is 30.9 Å². The number of rotatable bonds is 5. The van der Waals surface area contributed by atoms with Crippen LogP contribution in [-0.2, 0) is 17.8 Å². The van der Waals surface area contributed by atoms with Gasteiger partial charge >= 0.3 is 0 Å². The molecule has 7 nitrogen and oxygen atoms in total. The van der Waals surface area contributed by atoms with Crippen molar-refractivity contribution in [2.45, 2.75) is 13.0 Å². The number of aromatic nitrogens is 1. The first-order valence-corrected chi connectivity index (χ1v) is 8.25. The molecule has 7 heteroatoms. The third-order valence-corrected chi connectivity index (χ3v) is 4.34. The van der Waals surface area contributed by atoms with Gasteiger partial charge in [0.15, 0.2) is 0 Å². The second-order valence-electron chi connectivity index (χ2n) is 6.08. The monoisotopic (exact) mass is 340 g/mol. The van der Waals surface area contributed by atoms with E-state index in [9.17, 15) is 14.9 Å². The second kappa shape index (κ2) is 7.85. The summed E-state index contributed by atoms with van der Waals surface area (Å²) in [5.41, 5.74) is 1.87. The Morgan fingerprint density at radius 1 is 1.08 bits per heavy atom. The van der Waals surface area contributed by atoms with E-state index in [0.29, 0.717) is 13.1 Å². The molecule has 25 heavy (non-hydrogen) atoms. The van der Waals surface area contributed by atoms with Crippen LogP contribution in [0.3, 0.4) is 0 Å². The van der Waals surface area contributed by atoms with Crippen LogP contribution >= 0.6 is 0 Å². The predicted octanol–water partition coefficient (Wildman–Crippen LogP) is 1.88. The van der Waals surface area contributed by atoms with Gasteiger partial charge in [0.1, 0.15) is 0 Å². The van der Waals surface area contributed by atoms with E-state index in [1.54, 1.807) is 18.3 Å². The van der Waals surface area contributed by atoms with Gasteiger partial charge in [-0.1, -0.05) is 18.2 Å². The molecular weight excluding hydrogens is 320 g/mol. The Morgan fingerprint density at radius 2 is 1.80 bits per heavy atom. The smallest absolute Gasteiger partial charge is 0.269 e. The van der Waals surface area contributed by atoms with Gasteiger partial charge in [0.2, 0.25) is 5.91 Å². The quantitative estimate of drug-likeness (QED) is 0.613. The standard InChI is InChI=1S/C18H20N4O3/c23-18(13-15-4-6-17(7-5-15)22(24)25)21-11-9-20(10-12-21)14-16-3-1-2-8-19-16/h1-8H,9-14H2. The highest BCUT2D eigenvalue weighted by molar-refractivity contribution is 5.79. The second-order valence-corrected chi connectivity index (χ2v) is 6.08. The van der Waals surface area contributed by atoms with Gasteiger partial charge in [-0.2, -0.15) is 0 Å². The molecule has 1 aromatic heterocycles. The normalized spacial score (nSPS) is 15.1. The van der Waals surface area contributed by atoms with Crippen molar-refractivity contribution in [1.82, 2.24) is 14.8 Å². The highest BCUT2D eigenvalue weighted by Crippen LogP contribution is 2.14. The number of benzene rings is 1. The number of piperazine rings is 1. The molecule has 0 spiro atoms. The van der Waals surface area contributed by atoms with Crippen LogP contribution in [-0.4, -0.2) is 51.8 Å². The van der Waals surface area contributed by atoms with Gasteiger partial charge in [0, 0.05) is 51.1 Å². The van der Waals surface area contributed by atoms with Crippen molar-refractivity contribution < 1.29 is 9.72 Å². The summed E-state index contributed by atoms with van der Waals surface area (Å²) in [5.74, 6) is 0.0614. The average Bonchev–Trinajstić information content (AvgIpc) is 2.63. The summed E-state index contributed by atoms with van der Waals surface area (Å²) in [4.78, 5) is 31.1. The first-order valence-electron chi connectivity index (χ1n) is 8.25. The Labute approximate surface area is 146 Å². The van der Waals surface area contributed by atoms with Crippen molar-refractivity contribution in [3.63, 3.8) is 0 Å². The van der Waals surface area contributed by atoms with Crippen molar-refractivity contribution in [3.05, 3.63) is 70.0 Å². The molecule has 1 aliphatic rings. The average molecular weight is 340 g/mol. The Hall–Kier alpha value is -2.80. The van der Waals surface area contributed by atoms with Crippen LogP contribution in [0.15, 0.2) is 48.7 Å². The largest absolute Gasteiger partial charge is 0.340 e. The van der Waals surface area contributed by atoms with Gasteiger partial charge in [0.25, 0.3) is 5.69 Å². The molecule has 1 saturated heterocycles. The van der Waals surface area contributed by atoms with Crippen LogP contribution in [0.1, 0.15) is 11.3 Å². The summed E-state index contributed by atoms with van der Waals surface area (Å²) in [7, 11) is 0. The molecule has 0 radical (unpaired) electrons. The Balaban J connectivity index is 1.49. The van der Waals surface area contributed by atoms with Crippen molar-refractivity contribution in [2.24, 2.45) is 0 Å². The van der Waals surface area contributed by atoms with Gasteiger partial charge in [-0.3, -0.25) is 24.8 Å². The number of nitro groups is 1. The molecular formula is C18H20N4O3. The van der Waals surface area contributed by atoms with E-state index in [1.165, 1.54) is 12.1 Å². The number of pyridine rings is 1. The Kier molecular flexibility index (Phi) is 5.35. The number of nitro benzene ring substituents is 1. The fourth-order valence-corrected chi connectivity index (χ4v) is 2.90. The lowest BCUT2D eigenvalue weighted by atomic mass is 10.1. The molecule has 3 rings (SSSR count). The maximum Gasteiger partial charge on any atom is 0.269 e. The maximum absolute atomic E-state index is 12.4. The fraction of sp³-hybridized carbons (Fsp3) is 0.333. The SMILES string of the molecule is O=C(Cc1ccc([N+](=O)[O-])cc1)N1CCN(Cc2ccccn2)CC1. The van der Waals surface area contributed by atoms with E-state index in [4.69, 9.17) is 0 Å². The third kappa shape index (κ3) is 4.60. The fourth-order valence-electron chi connectivity index (χ4n) is 2.90. The lowest BCUT2D eigenvalue weighted by Gasteiger charge is -2.34. The number of hydrogen-bond acceptors (Lipinski definition) is 5. The maximum atomic E-state index is 12.4. The molecule has 1 fully saturated rings.